The third-order valence-electron chi connectivity index (χ3n) is 5.27. The summed E-state index contributed by atoms with van der Waals surface area (Å²) < 4.78 is 53.6. The Kier molecular flexibility index (Phi) is 9.08. The smallest absolute Gasteiger partial charge is 0.394 e. The van der Waals surface area contributed by atoms with E-state index in [0.717, 1.165) is 5.69 Å². The lowest BCUT2D eigenvalue weighted by Crippen LogP contribution is -2.15. The highest BCUT2D eigenvalue weighted by atomic mass is 32.3. The largest absolute Gasteiger partial charge is 0.493 e. The average molecular weight is 561 g/mol. The number of ether oxygens (including phenoxy) is 4. The molecule has 0 saturated carbocycles. The molecule has 0 aliphatic carbocycles. The molecule has 13 nitrogen and oxygen atoms in total. The molecule has 0 unspecified atom stereocenters. The summed E-state index contributed by atoms with van der Waals surface area (Å²) in [5, 5.41) is 10.5. The number of aromatic carboxylic acids is 1. The van der Waals surface area contributed by atoms with Crippen molar-refractivity contribution < 1.29 is 46.4 Å². The number of carboxylic acids is 1. The summed E-state index contributed by atoms with van der Waals surface area (Å²) in [5.41, 5.74) is 0.699. The number of carbonyl (C=O) groups is 1. The van der Waals surface area contributed by atoms with Crippen LogP contribution in [0.4, 0.5) is 0 Å². The number of aromatic nitrogens is 2. The summed E-state index contributed by atoms with van der Waals surface area (Å²) >= 11 is 0. The monoisotopic (exact) mass is 560 g/mol. The van der Waals surface area contributed by atoms with Gasteiger partial charge in [0.15, 0.2) is 11.5 Å². The second-order valence-electron chi connectivity index (χ2n) is 7.69. The molecule has 2 aromatic heterocycles. The number of fused-ring (bicyclic) bond motifs is 1. The number of aromatic amines is 1. The maximum Gasteiger partial charge on any atom is 0.394 e. The topological polar surface area (TPSA) is 195 Å². The Hall–Kier alpha value is -4.66. The van der Waals surface area contributed by atoms with Crippen LogP contribution in [-0.4, -0.2) is 59.9 Å². The summed E-state index contributed by atoms with van der Waals surface area (Å²) in [6, 6.07) is 13.7. The summed E-state index contributed by atoms with van der Waals surface area (Å²) in [5.74, 6) is 0.232. The Morgan fingerprint density at radius 3 is 2.10 bits per heavy atom. The van der Waals surface area contributed by atoms with Gasteiger partial charge in [-0.1, -0.05) is 6.07 Å². The zero-order valence-corrected chi connectivity index (χ0v) is 21.7. The number of H-pyrrole nitrogens is 1. The van der Waals surface area contributed by atoms with Gasteiger partial charge < -0.3 is 29.0 Å². The van der Waals surface area contributed by atoms with E-state index in [-0.39, 0.29) is 17.7 Å². The predicted octanol–water partition coefficient (Wildman–Crippen LogP) is 3.24. The first-order valence-electron chi connectivity index (χ1n) is 10.9. The molecule has 0 atom stereocenters. The molecule has 4 N–H and O–H groups in total. The number of methoxy groups -OCH3 is 3. The molecule has 2 aromatic carbocycles. The highest BCUT2D eigenvalue weighted by molar-refractivity contribution is 7.79. The lowest BCUT2D eigenvalue weighted by molar-refractivity contribution is 0.0691. The second kappa shape index (κ2) is 12.3. The lowest BCUT2D eigenvalue weighted by Gasteiger charge is -2.16. The molecule has 39 heavy (non-hydrogen) atoms. The molecule has 14 heteroatoms. The molecule has 0 amide bonds. The molecule has 0 fully saturated rings. The van der Waals surface area contributed by atoms with Crippen LogP contribution in [0.3, 0.4) is 0 Å². The minimum atomic E-state index is -4.67. The zero-order valence-electron chi connectivity index (χ0n) is 20.9. The van der Waals surface area contributed by atoms with Crippen molar-refractivity contribution in [2.45, 2.75) is 6.61 Å². The third kappa shape index (κ3) is 7.22. The first-order valence-corrected chi connectivity index (χ1v) is 12.3. The van der Waals surface area contributed by atoms with Gasteiger partial charge in [-0.3, -0.25) is 18.9 Å². The third-order valence-corrected chi connectivity index (χ3v) is 5.27. The van der Waals surface area contributed by atoms with Gasteiger partial charge in [-0.25, -0.2) is 4.79 Å². The molecule has 0 aliphatic rings. The minimum Gasteiger partial charge on any atom is -0.493 e. The fraction of sp³-hybridized carbons (Fsp3) is 0.160. The van der Waals surface area contributed by atoms with Crippen LogP contribution >= 0.6 is 0 Å². The Balaban J connectivity index is 0.000000771. The van der Waals surface area contributed by atoms with Crippen molar-refractivity contribution in [2.75, 3.05) is 21.3 Å². The van der Waals surface area contributed by atoms with Crippen molar-refractivity contribution >= 4 is 27.1 Å². The Labute approximate surface area is 222 Å². The minimum absolute atomic E-state index is 0.219. The quantitative estimate of drug-likeness (QED) is 0.230. The van der Waals surface area contributed by atoms with E-state index < -0.39 is 21.9 Å². The van der Waals surface area contributed by atoms with Crippen LogP contribution < -0.4 is 24.5 Å². The molecular weight excluding hydrogens is 536 g/mol. The van der Waals surface area contributed by atoms with Gasteiger partial charge in [-0.15, -0.1) is 0 Å². The van der Waals surface area contributed by atoms with Crippen LogP contribution in [0.25, 0.3) is 21.9 Å². The van der Waals surface area contributed by atoms with Crippen LogP contribution in [-0.2, 0) is 17.0 Å². The molecule has 206 valence electrons. The van der Waals surface area contributed by atoms with Crippen molar-refractivity contribution in [3.63, 3.8) is 0 Å². The van der Waals surface area contributed by atoms with E-state index in [0.29, 0.717) is 39.5 Å². The van der Waals surface area contributed by atoms with Crippen molar-refractivity contribution in [3.8, 4) is 34.1 Å². The number of hydrogen-bond acceptors (Lipinski definition) is 9. The number of hydrogen-bond donors (Lipinski definition) is 4. The number of rotatable bonds is 8. The van der Waals surface area contributed by atoms with Gasteiger partial charge in [0.2, 0.25) is 5.75 Å². The Morgan fingerprint density at radius 1 is 0.949 bits per heavy atom. The van der Waals surface area contributed by atoms with E-state index in [1.165, 1.54) is 21.3 Å². The van der Waals surface area contributed by atoms with Gasteiger partial charge in [0, 0.05) is 11.8 Å². The molecule has 2 heterocycles. The predicted molar refractivity (Wildman–Crippen MR) is 139 cm³/mol. The molecule has 0 aliphatic heterocycles. The van der Waals surface area contributed by atoms with Gasteiger partial charge in [0.05, 0.1) is 32.4 Å². The number of nitrogens with one attached hydrogen (secondary N) is 1. The van der Waals surface area contributed by atoms with Gasteiger partial charge in [0.1, 0.15) is 18.1 Å². The molecule has 4 rings (SSSR count). The maximum atomic E-state index is 12.8. The van der Waals surface area contributed by atoms with E-state index in [9.17, 15) is 14.7 Å². The van der Waals surface area contributed by atoms with Gasteiger partial charge in [0.25, 0.3) is 5.56 Å². The highest BCUT2D eigenvalue weighted by Crippen LogP contribution is 2.43. The number of nitrogens with zero attached hydrogens (tertiary/aromatic N) is 1. The van der Waals surface area contributed by atoms with E-state index in [2.05, 4.69) is 9.97 Å². The van der Waals surface area contributed by atoms with E-state index in [1.54, 1.807) is 36.5 Å². The maximum absolute atomic E-state index is 12.8. The zero-order chi connectivity index (χ0) is 28.7. The summed E-state index contributed by atoms with van der Waals surface area (Å²) in [6.45, 7) is 0.219. The van der Waals surface area contributed by atoms with E-state index in [1.807, 2.05) is 18.2 Å². The first kappa shape index (κ1) is 28.9. The lowest BCUT2D eigenvalue weighted by atomic mass is 9.96. The average Bonchev–Trinajstić information content (AvgIpc) is 2.90. The fourth-order valence-electron chi connectivity index (χ4n) is 3.72. The van der Waals surface area contributed by atoms with Crippen LogP contribution in [0.5, 0.6) is 23.0 Å². The molecule has 0 saturated heterocycles. The Bertz CT molecular complexity index is 1620. The summed E-state index contributed by atoms with van der Waals surface area (Å²) in [4.78, 5) is 31.6. The highest BCUT2D eigenvalue weighted by Gasteiger charge is 2.22. The molecule has 4 aromatic rings. The van der Waals surface area contributed by atoms with Crippen LogP contribution in [0.1, 0.15) is 16.2 Å². The molecule has 0 bridgehead atoms. The van der Waals surface area contributed by atoms with E-state index in [4.69, 9.17) is 36.5 Å². The van der Waals surface area contributed by atoms with Crippen molar-refractivity contribution in [1.29, 1.82) is 0 Å². The Morgan fingerprint density at radius 2 is 1.59 bits per heavy atom. The van der Waals surface area contributed by atoms with Gasteiger partial charge >= 0.3 is 16.4 Å². The molecule has 0 spiro atoms. The first-order chi connectivity index (χ1) is 18.5. The molecular formula is C25H24N2O11S. The SMILES string of the molecule is COc1cc(-c2c(C(=O)O)[nH]c(=O)c3cc(OCc4ccccn4)ccc23)cc(OC)c1OC.O=S(=O)(O)O. The van der Waals surface area contributed by atoms with Crippen LogP contribution in [0.2, 0.25) is 0 Å². The van der Waals surface area contributed by atoms with Crippen LogP contribution in [0, 0.1) is 0 Å². The number of benzene rings is 2. The summed E-state index contributed by atoms with van der Waals surface area (Å²) in [7, 11) is -0.255. The van der Waals surface area contributed by atoms with Gasteiger partial charge in [-0.2, -0.15) is 8.42 Å². The molecule has 0 radical (unpaired) electrons. The standard InChI is InChI=1S/C25H22N2O7.H2O4S/c1-31-19-10-14(11-20(32-2)23(19)33-3)21-17-8-7-16(34-13-15-6-4-5-9-26-15)12-18(17)24(28)27-22(21)25(29)30;1-5(2,3)4/h4-12H,13H2,1-3H3,(H,27,28)(H,29,30);(H2,1,2,3,4). The number of carboxylic acid groups (broad SMARTS) is 1. The number of pyridine rings is 2. The van der Waals surface area contributed by atoms with Crippen molar-refractivity contribution in [3.05, 3.63) is 76.5 Å². The normalized spacial score (nSPS) is 10.8. The second-order valence-corrected chi connectivity index (χ2v) is 8.58. The van der Waals surface area contributed by atoms with Gasteiger partial charge in [-0.05, 0) is 53.4 Å². The van der Waals surface area contributed by atoms with Crippen molar-refractivity contribution in [2.24, 2.45) is 0 Å². The van der Waals surface area contributed by atoms with Crippen LogP contribution in [0.15, 0.2) is 59.5 Å². The summed E-state index contributed by atoms with van der Waals surface area (Å²) in [6.07, 6.45) is 1.67. The van der Waals surface area contributed by atoms with E-state index >= 15 is 0 Å². The van der Waals surface area contributed by atoms with Crippen molar-refractivity contribution in [1.82, 2.24) is 9.97 Å². The fourth-order valence-corrected chi connectivity index (χ4v) is 3.72.